The van der Waals surface area contributed by atoms with Gasteiger partial charge in [-0.15, -0.1) is 0 Å². The standard InChI is InChI=1S/C15H21N3/c1-10(16-11(2)15(3)8-9-15)14-17-12-6-4-5-7-13(12)18-14/h4-7,10-11,16H,8-9H2,1-3H3,(H,17,18). The quantitative estimate of drug-likeness (QED) is 0.864. The number of nitrogens with zero attached hydrogens (tertiary/aromatic N) is 1. The van der Waals surface area contributed by atoms with Gasteiger partial charge in [0.05, 0.1) is 17.1 Å². The first-order chi connectivity index (χ1) is 8.58. The minimum Gasteiger partial charge on any atom is -0.341 e. The molecule has 0 radical (unpaired) electrons. The van der Waals surface area contributed by atoms with Crippen LogP contribution in [0.2, 0.25) is 0 Å². The number of imidazole rings is 1. The number of nitrogens with one attached hydrogen (secondary N) is 2. The molecule has 3 rings (SSSR count). The summed E-state index contributed by atoms with van der Waals surface area (Å²) in [5, 5.41) is 3.67. The van der Waals surface area contributed by atoms with Crippen LogP contribution in [-0.4, -0.2) is 16.0 Å². The van der Waals surface area contributed by atoms with Gasteiger partial charge in [-0.05, 0) is 44.2 Å². The average molecular weight is 243 g/mol. The van der Waals surface area contributed by atoms with Gasteiger partial charge in [0, 0.05) is 6.04 Å². The van der Waals surface area contributed by atoms with E-state index in [4.69, 9.17) is 0 Å². The molecular formula is C15H21N3. The Morgan fingerprint density at radius 1 is 1.28 bits per heavy atom. The first-order valence-electron chi connectivity index (χ1n) is 6.79. The summed E-state index contributed by atoms with van der Waals surface area (Å²) in [5.41, 5.74) is 2.66. The van der Waals surface area contributed by atoms with Crippen molar-refractivity contribution in [2.24, 2.45) is 5.41 Å². The molecule has 0 aliphatic heterocycles. The fourth-order valence-electron chi connectivity index (χ4n) is 2.46. The summed E-state index contributed by atoms with van der Waals surface area (Å²) in [4.78, 5) is 8.05. The highest BCUT2D eigenvalue weighted by Gasteiger charge is 2.42. The van der Waals surface area contributed by atoms with Crippen molar-refractivity contribution < 1.29 is 0 Å². The Labute approximate surface area is 108 Å². The third-order valence-electron chi connectivity index (χ3n) is 4.40. The molecule has 0 bridgehead atoms. The zero-order chi connectivity index (χ0) is 12.8. The van der Waals surface area contributed by atoms with Gasteiger partial charge in [0.15, 0.2) is 0 Å². The van der Waals surface area contributed by atoms with Crippen LogP contribution in [0.15, 0.2) is 24.3 Å². The number of rotatable bonds is 4. The van der Waals surface area contributed by atoms with E-state index in [0.29, 0.717) is 11.5 Å². The minimum absolute atomic E-state index is 0.268. The van der Waals surface area contributed by atoms with E-state index in [1.165, 1.54) is 12.8 Å². The number of hydrogen-bond donors (Lipinski definition) is 2. The van der Waals surface area contributed by atoms with Crippen molar-refractivity contribution in [1.29, 1.82) is 0 Å². The largest absolute Gasteiger partial charge is 0.341 e. The van der Waals surface area contributed by atoms with Crippen LogP contribution in [0.1, 0.15) is 45.5 Å². The second-order valence-electron chi connectivity index (χ2n) is 5.90. The van der Waals surface area contributed by atoms with Gasteiger partial charge in [-0.25, -0.2) is 4.98 Å². The molecule has 0 saturated heterocycles. The molecule has 1 aromatic carbocycles. The summed E-state index contributed by atoms with van der Waals surface area (Å²) in [7, 11) is 0. The first-order valence-corrected chi connectivity index (χ1v) is 6.79. The van der Waals surface area contributed by atoms with Crippen LogP contribution in [0, 0.1) is 5.41 Å². The number of aromatic nitrogens is 2. The van der Waals surface area contributed by atoms with Crippen molar-refractivity contribution in [2.45, 2.75) is 45.7 Å². The molecule has 0 spiro atoms. The molecule has 1 fully saturated rings. The van der Waals surface area contributed by atoms with Gasteiger partial charge < -0.3 is 10.3 Å². The van der Waals surface area contributed by atoms with E-state index >= 15 is 0 Å². The molecular weight excluding hydrogens is 222 g/mol. The molecule has 2 aromatic rings. The van der Waals surface area contributed by atoms with Crippen LogP contribution in [0.25, 0.3) is 11.0 Å². The van der Waals surface area contributed by atoms with E-state index in [1.807, 2.05) is 18.2 Å². The van der Waals surface area contributed by atoms with Gasteiger partial charge >= 0.3 is 0 Å². The Bertz CT molecular complexity index is 521. The normalized spacial score (nSPS) is 20.8. The van der Waals surface area contributed by atoms with E-state index in [1.54, 1.807) is 0 Å². The van der Waals surface area contributed by atoms with Crippen molar-refractivity contribution in [1.82, 2.24) is 15.3 Å². The molecule has 1 aliphatic carbocycles. The molecule has 0 amide bonds. The number of benzene rings is 1. The summed E-state index contributed by atoms with van der Waals surface area (Å²) in [6.45, 7) is 6.82. The van der Waals surface area contributed by atoms with Gasteiger partial charge in [-0.2, -0.15) is 0 Å². The predicted molar refractivity (Wildman–Crippen MR) is 74.4 cm³/mol. The fraction of sp³-hybridized carbons (Fsp3) is 0.533. The molecule has 3 nitrogen and oxygen atoms in total. The topological polar surface area (TPSA) is 40.7 Å². The predicted octanol–water partition coefficient (Wildman–Crippen LogP) is 3.40. The zero-order valence-corrected chi connectivity index (χ0v) is 11.3. The van der Waals surface area contributed by atoms with Gasteiger partial charge in [-0.3, -0.25) is 0 Å². The lowest BCUT2D eigenvalue weighted by Gasteiger charge is -2.23. The molecule has 1 saturated carbocycles. The van der Waals surface area contributed by atoms with Crippen LogP contribution in [-0.2, 0) is 0 Å². The van der Waals surface area contributed by atoms with Crippen molar-refractivity contribution in [3.63, 3.8) is 0 Å². The third kappa shape index (κ3) is 2.03. The van der Waals surface area contributed by atoms with Crippen molar-refractivity contribution in [2.75, 3.05) is 0 Å². The summed E-state index contributed by atoms with van der Waals surface area (Å²) in [6.07, 6.45) is 2.68. The van der Waals surface area contributed by atoms with E-state index in [9.17, 15) is 0 Å². The van der Waals surface area contributed by atoms with Gasteiger partial charge in [0.2, 0.25) is 0 Å². The fourth-order valence-corrected chi connectivity index (χ4v) is 2.46. The average Bonchev–Trinajstić information content (AvgIpc) is 2.96. The van der Waals surface area contributed by atoms with E-state index in [0.717, 1.165) is 16.9 Å². The number of aromatic amines is 1. The van der Waals surface area contributed by atoms with Crippen LogP contribution < -0.4 is 5.32 Å². The highest BCUT2D eigenvalue weighted by atomic mass is 15.0. The first kappa shape index (κ1) is 11.7. The molecule has 2 atom stereocenters. The van der Waals surface area contributed by atoms with E-state index in [-0.39, 0.29) is 6.04 Å². The molecule has 1 heterocycles. The van der Waals surface area contributed by atoms with E-state index in [2.05, 4.69) is 42.1 Å². The Kier molecular flexibility index (Phi) is 2.67. The highest BCUT2D eigenvalue weighted by Crippen LogP contribution is 2.48. The SMILES string of the molecule is CC(NC(C)C1(C)CC1)c1nc2ccccc2[nH]1. The molecule has 2 unspecified atom stereocenters. The molecule has 96 valence electrons. The lowest BCUT2D eigenvalue weighted by Crippen LogP contribution is -2.35. The maximum atomic E-state index is 4.65. The van der Waals surface area contributed by atoms with Crippen LogP contribution >= 0.6 is 0 Å². The van der Waals surface area contributed by atoms with Crippen molar-refractivity contribution in [3.8, 4) is 0 Å². The summed E-state index contributed by atoms with van der Waals surface area (Å²) in [6, 6.07) is 9.00. The Morgan fingerprint density at radius 3 is 2.67 bits per heavy atom. The third-order valence-corrected chi connectivity index (χ3v) is 4.40. The Balaban J connectivity index is 1.77. The highest BCUT2D eigenvalue weighted by molar-refractivity contribution is 5.74. The maximum absolute atomic E-state index is 4.65. The second kappa shape index (κ2) is 4.09. The summed E-state index contributed by atoms with van der Waals surface area (Å²) < 4.78 is 0. The van der Waals surface area contributed by atoms with Gasteiger partial charge in [0.25, 0.3) is 0 Å². The number of H-pyrrole nitrogens is 1. The maximum Gasteiger partial charge on any atom is 0.124 e. The van der Waals surface area contributed by atoms with Crippen LogP contribution in [0.3, 0.4) is 0 Å². The second-order valence-corrected chi connectivity index (χ2v) is 5.90. The molecule has 1 aliphatic rings. The summed E-state index contributed by atoms with van der Waals surface area (Å²) in [5.74, 6) is 1.03. The smallest absolute Gasteiger partial charge is 0.124 e. The van der Waals surface area contributed by atoms with Crippen LogP contribution in [0.5, 0.6) is 0 Å². The van der Waals surface area contributed by atoms with Crippen molar-refractivity contribution >= 4 is 11.0 Å². The Hall–Kier alpha value is -1.35. The minimum atomic E-state index is 0.268. The molecule has 1 aromatic heterocycles. The zero-order valence-electron chi connectivity index (χ0n) is 11.3. The molecule has 3 heteroatoms. The number of fused-ring (bicyclic) bond motifs is 1. The lowest BCUT2D eigenvalue weighted by molar-refractivity contribution is 0.345. The Morgan fingerprint density at radius 2 is 2.00 bits per heavy atom. The van der Waals surface area contributed by atoms with Gasteiger partial charge in [0.1, 0.15) is 5.82 Å². The molecule has 18 heavy (non-hydrogen) atoms. The monoisotopic (exact) mass is 243 g/mol. The molecule has 2 N–H and O–H groups in total. The van der Waals surface area contributed by atoms with Gasteiger partial charge in [-0.1, -0.05) is 19.1 Å². The van der Waals surface area contributed by atoms with Crippen LogP contribution in [0.4, 0.5) is 0 Å². The van der Waals surface area contributed by atoms with Crippen molar-refractivity contribution in [3.05, 3.63) is 30.1 Å². The van der Waals surface area contributed by atoms with E-state index < -0.39 is 0 Å². The number of hydrogen-bond acceptors (Lipinski definition) is 2. The lowest BCUT2D eigenvalue weighted by atomic mass is 10.00. The number of para-hydroxylation sites is 2. The summed E-state index contributed by atoms with van der Waals surface area (Å²) >= 11 is 0.